The van der Waals surface area contributed by atoms with Gasteiger partial charge >= 0.3 is 11.7 Å². The molecule has 130 valence electrons. The van der Waals surface area contributed by atoms with Crippen LogP contribution in [0.3, 0.4) is 0 Å². The molecular formula is C18H17NO6. The number of ether oxygens (including phenoxy) is 2. The molecule has 2 aromatic rings. The van der Waals surface area contributed by atoms with Gasteiger partial charge in [-0.2, -0.15) is 0 Å². The number of benzene rings is 2. The summed E-state index contributed by atoms with van der Waals surface area (Å²) in [5.41, 5.74) is 2.02. The molecular weight excluding hydrogens is 326 g/mol. The number of nitro groups is 1. The van der Waals surface area contributed by atoms with E-state index in [-0.39, 0.29) is 18.0 Å². The molecule has 0 radical (unpaired) electrons. The fourth-order valence-corrected chi connectivity index (χ4v) is 2.23. The van der Waals surface area contributed by atoms with Crippen LogP contribution >= 0.6 is 0 Å². The highest BCUT2D eigenvalue weighted by atomic mass is 16.6. The quantitative estimate of drug-likeness (QED) is 0.468. The number of hydrogen-bond donors (Lipinski definition) is 1. The molecule has 0 amide bonds. The zero-order valence-corrected chi connectivity index (χ0v) is 13.8. The normalized spacial score (nSPS) is 10.6. The first-order valence-corrected chi connectivity index (χ1v) is 7.36. The van der Waals surface area contributed by atoms with E-state index in [0.717, 1.165) is 11.6 Å². The maximum absolute atomic E-state index is 11.1. The number of methoxy groups -OCH3 is 1. The summed E-state index contributed by atoms with van der Waals surface area (Å²) in [4.78, 5) is 21.2. The molecule has 0 aliphatic carbocycles. The summed E-state index contributed by atoms with van der Waals surface area (Å²) in [7, 11) is 1.50. The van der Waals surface area contributed by atoms with Gasteiger partial charge in [0, 0.05) is 17.7 Å². The molecule has 0 atom stereocenters. The average Bonchev–Trinajstić information content (AvgIpc) is 2.57. The van der Waals surface area contributed by atoms with E-state index in [1.807, 2.05) is 6.92 Å². The second-order valence-corrected chi connectivity index (χ2v) is 5.26. The molecule has 0 bridgehead atoms. The number of carboxylic acids is 1. The van der Waals surface area contributed by atoms with Gasteiger partial charge in [-0.3, -0.25) is 10.1 Å². The first kappa shape index (κ1) is 18.0. The molecule has 7 nitrogen and oxygen atoms in total. The predicted octanol–water partition coefficient (Wildman–Crippen LogP) is 3.59. The van der Waals surface area contributed by atoms with E-state index in [2.05, 4.69) is 0 Å². The maximum Gasteiger partial charge on any atom is 0.328 e. The van der Waals surface area contributed by atoms with Crippen molar-refractivity contribution >= 4 is 17.7 Å². The van der Waals surface area contributed by atoms with Crippen LogP contribution in [0.25, 0.3) is 6.08 Å². The highest BCUT2D eigenvalue weighted by molar-refractivity contribution is 5.85. The van der Waals surface area contributed by atoms with E-state index < -0.39 is 10.9 Å². The van der Waals surface area contributed by atoms with Gasteiger partial charge in [0.1, 0.15) is 12.4 Å². The van der Waals surface area contributed by atoms with Crippen LogP contribution in [0.1, 0.15) is 16.7 Å². The van der Waals surface area contributed by atoms with E-state index >= 15 is 0 Å². The molecule has 0 aliphatic rings. The van der Waals surface area contributed by atoms with E-state index in [0.29, 0.717) is 16.9 Å². The molecule has 0 aliphatic heterocycles. The largest absolute Gasteiger partial charge is 0.496 e. The van der Waals surface area contributed by atoms with Crippen LogP contribution < -0.4 is 9.47 Å². The van der Waals surface area contributed by atoms with Crippen molar-refractivity contribution in [2.45, 2.75) is 13.5 Å². The predicted molar refractivity (Wildman–Crippen MR) is 91.8 cm³/mol. The van der Waals surface area contributed by atoms with Gasteiger partial charge in [0.2, 0.25) is 0 Å². The van der Waals surface area contributed by atoms with Crippen LogP contribution in [0.2, 0.25) is 0 Å². The van der Waals surface area contributed by atoms with Gasteiger partial charge in [-0.25, -0.2) is 4.79 Å². The molecule has 25 heavy (non-hydrogen) atoms. The number of carboxylic acid groups (broad SMARTS) is 1. The summed E-state index contributed by atoms with van der Waals surface area (Å²) in [6, 6.07) is 9.73. The standard InChI is InChI=1S/C18H17NO6/c1-12-3-6-15(19(22)23)17(9-12)25-11-14-10-13(5-8-18(20)21)4-7-16(14)24-2/h3-10H,11H2,1-2H3,(H,20,21). The van der Waals surface area contributed by atoms with Crippen LogP contribution in [-0.4, -0.2) is 23.1 Å². The highest BCUT2D eigenvalue weighted by Crippen LogP contribution is 2.30. The SMILES string of the molecule is COc1ccc(C=CC(=O)O)cc1COc1cc(C)ccc1[N+](=O)[O-]. The van der Waals surface area contributed by atoms with Gasteiger partial charge < -0.3 is 14.6 Å². The minimum absolute atomic E-state index is 0.0439. The summed E-state index contributed by atoms with van der Waals surface area (Å²) in [6.07, 6.45) is 2.47. The van der Waals surface area contributed by atoms with E-state index in [9.17, 15) is 14.9 Å². The van der Waals surface area contributed by atoms with E-state index in [1.54, 1.807) is 30.3 Å². The van der Waals surface area contributed by atoms with Crippen LogP contribution in [0.15, 0.2) is 42.5 Å². The third-order valence-corrected chi connectivity index (χ3v) is 3.42. The van der Waals surface area contributed by atoms with Crippen LogP contribution in [0.5, 0.6) is 11.5 Å². The summed E-state index contributed by atoms with van der Waals surface area (Å²) in [5.74, 6) is -0.342. The van der Waals surface area contributed by atoms with Gasteiger partial charge in [-0.1, -0.05) is 12.1 Å². The highest BCUT2D eigenvalue weighted by Gasteiger charge is 2.16. The lowest BCUT2D eigenvalue weighted by molar-refractivity contribution is -0.386. The van der Waals surface area contributed by atoms with Crippen molar-refractivity contribution in [3.63, 3.8) is 0 Å². The number of nitrogens with zero attached hydrogens (tertiary/aromatic N) is 1. The van der Waals surface area contributed by atoms with Crippen LogP contribution in [-0.2, 0) is 11.4 Å². The number of aryl methyl sites for hydroxylation is 1. The smallest absolute Gasteiger partial charge is 0.328 e. The lowest BCUT2D eigenvalue weighted by atomic mass is 10.1. The number of hydrogen-bond acceptors (Lipinski definition) is 5. The lowest BCUT2D eigenvalue weighted by Crippen LogP contribution is -2.02. The maximum atomic E-state index is 11.1. The molecule has 0 saturated heterocycles. The summed E-state index contributed by atoms with van der Waals surface area (Å²) in [6.45, 7) is 1.86. The van der Waals surface area contributed by atoms with Crippen molar-refractivity contribution in [2.75, 3.05) is 7.11 Å². The zero-order chi connectivity index (χ0) is 18.4. The molecule has 1 N–H and O–H groups in total. The van der Waals surface area contributed by atoms with E-state index in [1.165, 1.54) is 19.3 Å². The topological polar surface area (TPSA) is 98.9 Å². The Kier molecular flexibility index (Phi) is 5.73. The Hall–Kier alpha value is -3.35. The Morgan fingerprint density at radius 2 is 2.00 bits per heavy atom. The van der Waals surface area contributed by atoms with Gasteiger partial charge in [-0.15, -0.1) is 0 Å². The number of aliphatic carboxylic acids is 1. The van der Waals surface area contributed by atoms with Crippen molar-refractivity contribution in [3.8, 4) is 11.5 Å². The number of rotatable bonds is 7. The molecule has 0 aromatic heterocycles. The van der Waals surface area contributed by atoms with Gasteiger partial charge in [0.15, 0.2) is 5.75 Å². The van der Waals surface area contributed by atoms with E-state index in [4.69, 9.17) is 14.6 Å². The molecule has 0 unspecified atom stereocenters. The van der Waals surface area contributed by atoms with Gasteiger partial charge in [0.05, 0.1) is 12.0 Å². The third-order valence-electron chi connectivity index (χ3n) is 3.42. The Bertz CT molecular complexity index is 828. The third kappa shape index (κ3) is 4.81. The summed E-state index contributed by atoms with van der Waals surface area (Å²) in [5, 5.41) is 19.8. The van der Waals surface area contributed by atoms with Crippen molar-refractivity contribution in [3.05, 3.63) is 69.3 Å². The summed E-state index contributed by atoms with van der Waals surface area (Å²) >= 11 is 0. The van der Waals surface area contributed by atoms with Crippen molar-refractivity contribution in [2.24, 2.45) is 0 Å². The molecule has 0 fully saturated rings. The Balaban J connectivity index is 2.28. The Morgan fingerprint density at radius 3 is 2.64 bits per heavy atom. The number of carbonyl (C=O) groups is 1. The molecule has 2 aromatic carbocycles. The minimum atomic E-state index is -1.05. The van der Waals surface area contributed by atoms with Crippen molar-refractivity contribution in [1.82, 2.24) is 0 Å². The van der Waals surface area contributed by atoms with Crippen molar-refractivity contribution in [1.29, 1.82) is 0 Å². The molecule has 0 heterocycles. The van der Waals surface area contributed by atoms with Gasteiger partial charge in [-0.05, 0) is 42.3 Å². The zero-order valence-electron chi connectivity index (χ0n) is 13.8. The lowest BCUT2D eigenvalue weighted by Gasteiger charge is -2.12. The molecule has 7 heteroatoms. The minimum Gasteiger partial charge on any atom is -0.496 e. The van der Waals surface area contributed by atoms with Crippen LogP contribution in [0.4, 0.5) is 5.69 Å². The molecule has 0 saturated carbocycles. The Morgan fingerprint density at radius 1 is 1.24 bits per heavy atom. The fourth-order valence-electron chi connectivity index (χ4n) is 2.23. The van der Waals surface area contributed by atoms with Crippen molar-refractivity contribution < 1.29 is 24.3 Å². The molecule has 2 rings (SSSR count). The second-order valence-electron chi connectivity index (χ2n) is 5.26. The Labute approximate surface area is 144 Å². The number of nitro benzene ring substituents is 1. The monoisotopic (exact) mass is 343 g/mol. The second kappa shape index (κ2) is 7.96. The van der Waals surface area contributed by atoms with Crippen LogP contribution in [0, 0.1) is 17.0 Å². The average molecular weight is 343 g/mol. The summed E-state index contributed by atoms with van der Waals surface area (Å²) < 4.78 is 10.9. The first-order valence-electron chi connectivity index (χ1n) is 7.36. The fraction of sp³-hybridized carbons (Fsp3) is 0.167. The van der Waals surface area contributed by atoms with Gasteiger partial charge in [0.25, 0.3) is 0 Å². The molecule has 0 spiro atoms. The first-order chi connectivity index (χ1) is 11.9.